The topological polar surface area (TPSA) is 54.3 Å². The van der Waals surface area contributed by atoms with Gasteiger partial charge in [0.1, 0.15) is 12.1 Å². The van der Waals surface area contributed by atoms with Gasteiger partial charge in [-0.15, -0.1) is 0 Å². The number of amides is 1. The first-order valence-corrected chi connectivity index (χ1v) is 12.7. The Hall–Kier alpha value is -3.38. The molecule has 0 aliphatic carbocycles. The largest absolute Gasteiger partial charge is 0.356 e. The molecule has 3 heterocycles. The summed E-state index contributed by atoms with van der Waals surface area (Å²) < 4.78 is 2.09. The summed E-state index contributed by atoms with van der Waals surface area (Å²) in [4.78, 5) is 26.6. The van der Waals surface area contributed by atoms with E-state index in [0.29, 0.717) is 5.02 Å². The van der Waals surface area contributed by atoms with E-state index in [1.807, 2.05) is 61.2 Å². The van der Waals surface area contributed by atoms with Crippen LogP contribution in [0.5, 0.6) is 0 Å². The number of fused-ring (bicyclic) bond motifs is 1. The number of aromatic nitrogens is 3. The van der Waals surface area contributed by atoms with Crippen molar-refractivity contribution in [2.24, 2.45) is 5.92 Å². The van der Waals surface area contributed by atoms with Crippen LogP contribution >= 0.6 is 11.6 Å². The summed E-state index contributed by atoms with van der Waals surface area (Å²) in [6.45, 7) is 7.20. The number of halogens is 1. The molecule has 7 heteroatoms. The lowest BCUT2D eigenvalue weighted by Crippen LogP contribution is -2.42. The van der Waals surface area contributed by atoms with Crippen molar-refractivity contribution in [2.75, 3.05) is 31.1 Å². The molecule has 0 N–H and O–H groups in total. The average Bonchev–Trinajstić information content (AvgIpc) is 3.30. The molecule has 1 amide bonds. The number of benzene rings is 2. The van der Waals surface area contributed by atoms with Crippen LogP contribution in [0, 0.1) is 5.92 Å². The zero-order valence-corrected chi connectivity index (χ0v) is 20.9. The predicted octanol–water partition coefficient (Wildman–Crippen LogP) is 5.83. The number of carbonyl (C=O) groups is 1. The second kappa shape index (κ2) is 10.1. The van der Waals surface area contributed by atoms with Gasteiger partial charge in [0.2, 0.25) is 5.91 Å². The second-order valence-corrected chi connectivity index (χ2v) is 9.36. The van der Waals surface area contributed by atoms with Crippen LogP contribution in [-0.2, 0) is 4.79 Å². The fourth-order valence-electron chi connectivity index (χ4n) is 5.08. The Morgan fingerprint density at radius 1 is 1.03 bits per heavy atom. The number of hydrogen-bond donors (Lipinski definition) is 0. The maximum atomic E-state index is 12.9. The van der Waals surface area contributed by atoms with Crippen molar-refractivity contribution < 1.29 is 4.79 Å². The van der Waals surface area contributed by atoms with Crippen molar-refractivity contribution in [1.82, 2.24) is 19.4 Å². The molecule has 0 unspecified atom stereocenters. The Morgan fingerprint density at radius 2 is 1.77 bits per heavy atom. The van der Waals surface area contributed by atoms with Crippen molar-refractivity contribution in [3.8, 4) is 16.8 Å². The van der Waals surface area contributed by atoms with Gasteiger partial charge in [-0.3, -0.25) is 4.79 Å². The first-order valence-electron chi connectivity index (χ1n) is 12.3. The van der Waals surface area contributed by atoms with E-state index in [4.69, 9.17) is 21.6 Å². The predicted molar refractivity (Wildman–Crippen MR) is 142 cm³/mol. The Morgan fingerprint density at radius 3 is 2.46 bits per heavy atom. The van der Waals surface area contributed by atoms with Crippen LogP contribution in [0.1, 0.15) is 26.7 Å². The van der Waals surface area contributed by atoms with E-state index in [9.17, 15) is 4.79 Å². The molecule has 0 bridgehead atoms. The minimum atomic E-state index is 0.0770. The van der Waals surface area contributed by atoms with Crippen LogP contribution in [0.3, 0.4) is 0 Å². The molecule has 4 aromatic rings. The van der Waals surface area contributed by atoms with Gasteiger partial charge in [-0.1, -0.05) is 48.0 Å². The molecule has 0 radical (unpaired) electrons. The molecule has 0 atom stereocenters. The van der Waals surface area contributed by atoms with Crippen molar-refractivity contribution in [1.29, 1.82) is 0 Å². The van der Waals surface area contributed by atoms with E-state index < -0.39 is 0 Å². The lowest BCUT2D eigenvalue weighted by molar-refractivity contribution is -0.135. The van der Waals surface area contributed by atoms with E-state index in [1.165, 1.54) is 0 Å². The van der Waals surface area contributed by atoms with Gasteiger partial charge in [-0.2, -0.15) is 0 Å². The zero-order valence-electron chi connectivity index (χ0n) is 20.2. The standard InChI is InChI=1S/C28H30ClN5O/c1-3-32(4-2)28(35)21-13-15-33(16-14-21)26-25-24(20-9-6-5-7-10-20)18-34(27(25)31-19-30-26)23-12-8-11-22(29)17-23/h5-12,17-19,21H,3-4,13-16H2,1-2H3. The minimum Gasteiger partial charge on any atom is -0.356 e. The normalized spacial score (nSPS) is 14.4. The van der Waals surface area contributed by atoms with Gasteiger partial charge in [-0.25, -0.2) is 9.97 Å². The van der Waals surface area contributed by atoms with Crippen LogP contribution in [0.25, 0.3) is 27.8 Å². The van der Waals surface area contributed by atoms with Gasteiger partial charge < -0.3 is 14.4 Å². The third-order valence-electron chi connectivity index (χ3n) is 6.95. The Bertz CT molecular complexity index is 1320. The third kappa shape index (κ3) is 4.50. The summed E-state index contributed by atoms with van der Waals surface area (Å²) in [7, 11) is 0. The molecular weight excluding hydrogens is 458 g/mol. The van der Waals surface area contributed by atoms with Gasteiger partial charge in [0, 0.05) is 54.6 Å². The smallest absolute Gasteiger partial charge is 0.225 e. The van der Waals surface area contributed by atoms with Crippen molar-refractivity contribution in [3.05, 3.63) is 72.1 Å². The third-order valence-corrected chi connectivity index (χ3v) is 7.19. The summed E-state index contributed by atoms with van der Waals surface area (Å²) in [6, 6.07) is 18.1. The lowest BCUT2D eigenvalue weighted by Gasteiger charge is -2.34. The molecule has 0 spiro atoms. The maximum absolute atomic E-state index is 12.9. The molecule has 1 saturated heterocycles. The van der Waals surface area contributed by atoms with E-state index in [0.717, 1.165) is 72.7 Å². The average molecular weight is 488 g/mol. The summed E-state index contributed by atoms with van der Waals surface area (Å²) in [5, 5.41) is 1.70. The van der Waals surface area contributed by atoms with E-state index in [-0.39, 0.29) is 11.8 Å². The molecule has 35 heavy (non-hydrogen) atoms. The van der Waals surface area contributed by atoms with Crippen molar-refractivity contribution >= 4 is 34.4 Å². The second-order valence-electron chi connectivity index (χ2n) is 8.93. The summed E-state index contributed by atoms with van der Waals surface area (Å²) in [5.74, 6) is 1.27. The molecule has 2 aromatic heterocycles. The Kier molecular flexibility index (Phi) is 6.73. The molecular formula is C28H30ClN5O. The maximum Gasteiger partial charge on any atom is 0.225 e. The van der Waals surface area contributed by atoms with Crippen LogP contribution in [0.2, 0.25) is 5.02 Å². The highest BCUT2D eigenvalue weighted by Crippen LogP contribution is 2.38. The van der Waals surface area contributed by atoms with E-state index in [2.05, 4.69) is 27.8 Å². The molecule has 1 fully saturated rings. The highest BCUT2D eigenvalue weighted by Gasteiger charge is 2.30. The molecule has 5 rings (SSSR count). The van der Waals surface area contributed by atoms with Crippen LogP contribution in [-0.4, -0.2) is 51.5 Å². The highest BCUT2D eigenvalue weighted by molar-refractivity contribution is 6.30. The van der Waals surface area contributed by atoms with Crippen molar-refractivity contribution in [3.63, 3.8) is 0 Å². The quantitative estimate of drug-likeness (QED) is 0.343. The van der Waals surface area contributed by atoms with E-state index in [1.54, 1.807) is 6.33 Å². The lowest BCUT2D eigenvalue weighted by atomic mass is 9.95. The fourth-order valence-corrected chi connectivity index (χ4v) is 5.26. The first-order chi connectivity index (χ1) is 17.1. The van der Waals surface area contributed by atoms with Crippen molar-refractivity contribution in [2.45, 2.75) is 26.7 Å². The number of anilines is 1. The van der Waals surface area contributed by atoms with Crippen LogP contribution < -0.4 is 4.90 Å². The zero-order chi connectivity index (χ0) is 24.4. The molecule has 1 aliphatic rings. The van der Waals surface area contributed by atoms with Crippen LogP contribution in [0.15, 0.2) is 67.1 Å². The molecule has 180 valence electrons. The Labute approximate surface area is 211 Å². The van der Waals surface area contributed by atoms with Gasteiger partial charge in [0.05, 0.1) is 5.39 Å². The number of rotatable bonds is 6. The number of nitrogens with zero attached hydrogens (tertiary/aromatic N) is 5. The molecule has 1 aliphatic heterocycles. The number of carbonyl (C=O) groups excluding carboxylic acids is 1. The Balaban J connectivity index is 1.55. The van der Waals surface area contributed by atoms with Gasteiger partial charge in [0.15, 0.2) is 5.65 Å². The monoisotopic (exact) mass is 487 g/mol. The number of piperidine rings is 1. The van der Waals surface area contributed by atoms with Gasteiger partial charge in [-0.05, 0) is 50.5 Å². The number of hydrogen-bond acceptors (Lipinski definition) is 4. The highest BCUT2D eigenvalue weighted by atomic mass is 35.5. The minimum absolute atomic E-state index is 0.0770. The molecule has 0 saturated carbocycles. The fraction of sp³-hybridized carbons (Fsp3) is 0.321. The van der Waals surface area contributed by atoms with Gasteiger partial charge in [0.25, 0.3) is 0 Å². The molecule has 2 aromatic carbocycles. The SMILES string of the molecule is CCN(CC)C(=O)C1CCN(c2ncnc3c2c(-c2ccccc2)cn3-c2cccc(Cl)c2)CC1. The van der Waals surface area contributed by atoms with Gasteiger partial charge >= 0.3 is 0 Å². The summed E-state index contributed by atoms with van der Waals surface area (Å²) >= 11 is 6.32. The van der Waals surface area contributed by atoms with E-state index >= 15 is 0 Å². The molecule has 6 nitrogen and oxygen atoms in total. The summed E-state index contributed by atoms with van der Waals surface area (Å²) in [6.07, 6.45) is 5.42. The van der Waals surface area contributed by atoms with Crippen LogP contribution in [0.4, 0.5) is 5.82 Å². The summed E-state index contributed by atoms with van der Waals surface area (Å²) in [5.41, 5.74) is 3.99. The first kappa shape index (κ1) is 23.4.